The molecule has 2 aromatic carbocycles. The van der Waals surface area contributed by atoms with Crippen molar-refractivity contribution >= 4 is 33.0 Å². The number of nitro benzene ring substituents is 1. The molecule has 0 atom stereocenters. The fourth-order valence-electron chi connectivity index (χ4n) is 4.49. The zero-order valence-corrected chi connectivity index (χ0v) is 22.9. The third-order valence-electron chi connectivity index (χ3n) is 7.13. The van der Waals surface area contributed by atoms with Gasteiger partial charge >= 0.3 is 5.56 Å². The number of hydrogen-bond acceptors (Lipinski definition) is 8. The zero-order valence-electron chi connectivity index (χ0n) is 21.3. The molecule has 1 saturated carbocycles. The summed E-state index contributed by atoms with van der Waals surface area (Å²) in [4.78, 5) is 26.2. The minimum Gasteiger partial charge on any atom is -0.486 e. The van der Waals surface area contributed by atoms with Crippen LogP contribution in [0.25, 0.3) is 5.69 Å². The fourth-order valence-corrected chi connectivity index (χ4v) is 6.22. The normalized spacial score (nSPS) is 17.1. The number of ether oxygens (including phenoxy) is 1. The molecule has 2 heterocycles. The van der Waals surface area contributed by atoms with Gasteiger partial charge in [0.15, 0.2) is 0 Å². The van der Waals surface area contributed by atoms with E-state index in [1.54, 1.807) is 36.5 Å². The van der Waals surface area contributed by atoms with E-state index in [0.717, 1.165) is 12.8 Å². The Balaban J connectivity index is 1.37. The molecule has 206 valence electrons. The standard InChI is InChI=1S/C26H28ClN5O6S/c1-26(9-10-26)18-38-24-23(16-28-31(25(24)33)21-7-4-6-20(27)15-21)29-11-13-30(14-12-29)39(36,37)17-19-5-2-3-8-22(19)32(34)35/h2-8,15-16H,9-14,17-18H2,1H3. The summed E-state index contributed by atoms with van der Waals surface area (Å²) in [7, 11) is -3.81. The predicted molar refractivity (Wildman–Crippen MR) is 147 cm³/mol. The molecule has 0 spiro atoms. The third-order valence-corrected chi connectivity index (χ3v) is 9.20. The van der Waals surface area contributed by atoms with Gasteiger partial charge in [-0.05, 0) is 31.0 Å². The first-order valence-corrected chi connectivity index (χ1v) is 14.5. The lowest BCUT2D eigenvalue weighted by atomic mass is 10.2. The van der Waals surface area contributed by atoms with Gasteiger partial charge in [0, 0.05) is 48.2 Å². The van der Waals surface area contributed by atoms with Gasteiger partial charge in [0.2, 0.25) is 15.8 Å². The van der Waals surface area contributed by atoms with E-state index >= 15 is 0 Å². The summed E-state index contributed by atoms with van der Waals surface area (Å²) < 4.78 is 34.9. The SMILES string of the molecule is CC1(COc2c(N3CCN(S(=O)(=O)Cc4ccccc4[N+](=O)[O-])CC3)cnn(-c3cccc(Cl)c3)c2=O)CC1. The average Bonchev–Trinajstić information content (AvgIpc) is 3.65. The van der Waals surface area contributed by atoms with E-state index in [1.807, 2.05) is 4.90 Å². The first-order valence-electron chi connectivity index (χ1n) is 12.5. The highest BCUT2D eigenvalue weighted by atomic mass is 35.5. The van der Waals surface area contributed by atoms with Crippen LogP contribution >= 0.6 is 11.6 Å². The monoisotopic (exact) mass is 573 g/mol. The van der Waals surface area contributed by atoms with E-state index in [4.69, 9.17) is 16.3 Å². The number of nitrogens with zero attached hydrogens (tertiary/aromatic N) is 5. The van der Waals surface area contributed by atoms with E-state index < -0.39 is 26.3 Å². The molecule has 0 unspecified atom stereocenters. The predicted octanol–water partition coefficient (Wildman–Crippen LogP) is 3.63. The Hall–Kier alpha value is -3.48. The van der Waals surface area contributed by atoms with Gasteiger partial charge in [-0.3, -0.25) is 14.9 Å². The summed E-state index contributed by atoms with van der Waals surface area (Å²) in [5.74, 6) is -0.303. The largest absolute Gasteiger partial charge is 0.486 e. The molecule has 1 aromatic heterocycles. The molecule has 0 amide bonds. The number of rotatable bonds is 9. The molecule has 1 aliphatic carbocycles. The van der Waals surface area contributed by atoms with Crippen molar-refractivity contribution in [2.45, 2.75) is 25.5 Å². The van der Waals surface area contributed by atoms with Crippen LogP contribution in [0.15, 0.2) is 59.5 Å². The highest BCUT2D eigenvalue weighted by Gasteiger charge is 2.39. The second-order valence-electron chi connectivity index (χ2n) is 10.2. The van der Waals surface area contributed by atoms with Crippen molar-refractivity contribution in [2.24, 2.45) is 5.41 Å². The molecule has 2 aliphatic rings. The van der Waals surface area contributed by atoms with Gasteiger partial charge in [-0.2, -0.15) is 14.1 Å². The molecule has 13 heteroatoms. The number of halogens is 1. The van der Waals surface area contributed by atoms with Crippen molar-refractivity contribution in [3.8, 4) is 11.4 Å². The molecular formula is C26H28ClN5O6S. The van der Waals surface area contributed by atoms with Crippen LogP contribution in [0, 0.1) is 15.5 Å². The van der Waals surface area contributed by atoms with Crippen LogP contribution in [0.1, 0.15) is 25.3 Å². The van der Waals surface area contributed by atoms with Crippen molar-refractivity contribution in [1.29, 1.82) is 0 Å². The van der Waals surface area contributed by atoms with Gasteiger partial charge in [0.1, 0.15) is 5.69 Å². The highest BCUT2D eigenvalue weighted by Crippen LogP contribution is 2.45. The molecule has 0 bridgehead atoms. The average molecular weight is 574 g/mol. The minimum atomic E-state index is -3.81. The van der Waals surface area contributed by atoms with Crippen molar-refractivity contribution in [3.63, 3.8) is 0 Å². The Morgan fingerprint density at radius 2 is 1.82 bits per heavy atom. The summed E-state index contributed by atoms with van der Waals surface area (Å²) in [6.45, 7) is 3.39. The van der Waals surface area contributed by atoms with Crippen LogP contribution < -0.4 is 15.2 Å². The Morgan fingerprint density at radius 3 is 2.49 bits per heavy atom. The Labute approximate surface area is 230 Å². The lowest BCUT2D eigenvalue weighted by Crippen LogP contribution is -2.49. The molecule has 11 nitrogen and oxygen atoms in total. The molecule has 0 N–H and O–H groups in total. The van der Waals surface area contributed by atoms with Crippen molar-refractivity contribution in [2.75, 3.05) is 37.7 Å². The first-order chi connectivity index (χ1) is 18.6. The molecule has 39 heavy (non-hydrogen) atoms. The summed E-state index contributed by atoms with van der Waals surface area (Å²) in [5.41, 5.74) is 0.525. The van der Waals surface area contributed by atoms with E-state index in [1.165, 1.54) is 27.2 Å². The Bertz CT molecular complexity index is 1560. The Morgan fingerprint density at radius 1 is 1.10 bits per heavy atom. The number of aromatic nitrogens is 2. The maximum atomic E-state index is 13.5. The van der Waals surface area contributed by atoms with Crippen molar-refractivity contribution in [3.05, 3.63) is 85.8 Å². The number of anilines is 1. The van der Waals surface area contributed by atoms with Gasteiger partial charge in [-0.1, -0.05) is 42.8 Å². The third kappa shape index (κ3) is 5.92. The first kappa shape index (κ1) is 27.1. The number of nitro groups is 1. The zero-order chi connectivity index (χ0) is 27.8. The van der Waals surface area contributed by atoms with Gasteiger partial charge in [0.05, 0.1) is 29.2 Å². The molecule has 0 radical (unpaired) electrons. The van der Waals surface area contributed by atoms with Crippen LogP contribution in [0.4, 0.5) is 11.4 Å². The quantitative estimate of drug-likeness (QED) is 0.280. The fraction of sp³-hybridized carbons (Fsp3) is 0.385. The summed E-state index contributed by atoms with van der Waals surface area (Å²) >= 11 is 6.13. The van der Waals surface area contributed by atoms with Gasteiger partial charge in [-0.15, -0.1) is 0 Å². The van der Waals surface area contributed by atoms with E-state index in [0.29, 0.717) is 36.1 Å². The van der Waals surface area contributed by atoms with Crippen LogP contribution in [0.3, 0.4) is 0 Å². The number of benzene rings is 2. The van der Waals surface area contributed by atoms with Crippen LogP contribution in [0.2, 0.25) is 5.02 Å². The van der Waals surface area contributed by atoms with Crippen LogP contribution in [-0.2, 0) is 15.8 Å². The van der Waals surface area contributed by atoms with Crippen LogP contribution in [-0.4, -0.2) is 60.2 Å². The summed E-state index contributed by atoms with van der Waals surface area (Å²) in [6, 6.07) is 12.6. The highest BCUT2D eigenvalue weighted by molar-refractivity contribution is 7.88. The van der Waals surface area contributed by atoms with Gasteiger partial charge < -0.3 is 9.64 Å². The number of piperazine rings is 1. The van der Waals surface area contributed by atoms with Gasteiger partial charge in [-0.25, -0.2) is 8.42 Å². The molecule has 5 rings (SSSR count). The molecule has 3 aromatic rings. The second kappa shape index (κ2) is 10.6. The number of para-hydroxylation sites is 1. The van der Waals surface area contributed by atoms with E-state index in [9.17, 15) is 23.3 Å². The molecule has 1 aliphatic heterocycles. The van der Waals surface area contributed by atoms with Crippen molar-refractivity contribution < 1.29 is 18.1 Å². The Kier molecular flexibility index (Phi) is 7.36. The van der Waals surface area contributed by atoms with Crippen molar-refractivity contribution in [1.82, 2.24) is 14.1 Å². The van der Waals surface area contributed by atoms with E-state index in [2.05, 4.69) is 12.0 Å². The second-order valence-corrected chi connectivity index (χ2v) is 12.6. The maximum Gasteiger partial charge on any atom is 0.316 e. The van der Waals surface area contributed by atoms with Gasteiger partial charge in [0.25, 0.3) is 5.69 Å². The molecule has 1 saturated heterocycles. The molecular weight excluding hydrogens is 546 g/mol. The topological polar surface area (TPSA) is 128 Å². The number of sulfonamides is 1. The number of hydrogen-bond donors (Lipinski definition) is 0. The summed E-state index contributed by atoms with van der Waals surface area (Å²) in [5, 5.41) is 16.2. The smallest absolute Gasteiger partial charge is 0.316 e. The van der Waals surface area contributed by atoms with Crippen LogP contribution in [0.5, 0.6) is 5.75 Å². The lowest BCUT2D eigenvalue weighted by Gasteiger charge is -2.35. The van der Waals surface area contributed by atoms with E-state index in [-0.39, 0.29) is 35.5 Å². The minimum absolute atomic E-state index is 0.0285. The maximum absolute atomic E-state index is 13.5. The summed E-state index contributed by atoms with van der Waals surface area (Å²) in [6.07, 6.45) is 3.60. The lowest BCUT2D eigenvalue weighted by molar-refractivity contribution is -0.385. The molecule has 2 fully saturated rings.